The van der Waals surface area contributed by atoms with Gasteiger partial charge in [-0.25, -0.2) is 0 Å². The molecule has 20 heavy (non-hydrogen) atoms. The molecule has 106 valence electrons. The maximum Gasteiger partial charge on any atom is 0.306 e. The van der Waals surface area contributed by atoms with Gasteiger partial charge in [-0.05, 0) is 12.1 Å². The highest BCUT2D eigenvalue weighted by Crippen LogP contribution is 2.30. The zero-order valence-electron chi connectivity index (χ0n) is 10.6. The molecule has 7 heteroatoms. The molecule has 2 rings (SSSR count). The maximum atomic E-state index is 11.2. The first-order chi connectivity index (χ1) is 9.39. The van der Waals surface area contributed by atoms with Crippen LogP contribution in [0.4, 0.5) is 0 Å². The van der Waals surface area contributed by atoms with Crippen LogP contribution in [-0.4, -0.2) is 24.8 Å². The molecule has 0 unspecified atom stereocenters. The van der Waals surface area contributed by atoms with Gasteiger partial charge in [0, 0.05) is 17.7 Å². The Labute approximate surface area is 121 Å². The van der Waals surface area contributed by atoms with Gasteiger partial charge in [-0.15, -0.1) is 11.6 Å². The second-order valence-electron chi connectivity index (χ2n) is 4.12. The van der Waals surface area contributed by atoms with Crippen molar-refractivity contribution in [3.63, 3.8) is 0 Å². The van der Waals surface area contributed by atoms with E-state index < -0.39 is 10.1 Å². The van der Waals surface area contributed by atoms with Crippen LogP contribution in [0.1, 0.15) is 5.69 Å². The van der Waals surface area contributed by atoms with Crippen LogP contribution in [0.15, 0.2) is 36.4 Å². The first-order valence-corrected chi connectivity index (χ1v) is 7.99. The van der Waals surface area contributed by atoms with Gasteiger partial charge in [-0.2, -0.15) is 8.42 Å². The van der Waals surface area contributed by atoms with Crippen LogP contribution >= 0.6 is 11.6 Å². The van der Waals surface area contributed by atoms with E-state index in [0.29, 0.717) is 17.0 Å². The van der Waals surface area contributed by atoms with Crippen molar-refractivity contribution in [2.24, 2.45) is 0 Å². The molecule has 0 atom stereocenters. The fourth-order valence-electron chi connectivity index (χ4n) is 1.68. The Kier molecular flexibility index (Phi) is 4.15. The predicted octanol–water partition coefficient (Wildman–Crippen LogP) is 2.53. The summed E-state index contributed by atoms with van der Waals surface area (Å²) in [4.78, 5) is 4.25. The van der Waals surface area contributed by atoms with Crippen molar-refractivity contribution in [1.29, 1.82) is 0 Å². The molecule has 0 aliphatic carbocycles. The van der Waals surface area contributed by atoms with Crippen LogP contribution in [0.2, 0.25) is 0 Å². The monoisotopic (exact) mass is 313 g/mol. The van der Waals surface area contributed by atoms with Crippen molar-refractivity contribution in [2.45, 2.75) is 5.88 Å². The second-order valence-corrected chi connectivity index (χ2v) is 5.96. The number of aromatic nitrogens is 1. The van der Waals surface area contributed by atoms with E-state index in [4.69, 9.17) is 15.8 Å². The standard InChI is InChI=1S/C13H12ClNO4S/c1-20(17,18)19-10-6-9(8-14)15-12(7-10)11-4-2-3-5-13(11)16/h2-7,16H,8H2,1H3. The molecule has 1 N–H and O–H groups in total. The third kappa shape index (κ3) is 3.61. The summed E-state index contributed by atoms with van der Waals surface area (Å²) >= 11 is 5.74. The molecular weight excluding hydrogens is 302 g/mol. The van der Waals surface area contributed by atoms with Crippen LogP contribution < -0.4 is 4.18 Å². The van der Waals surface area contributed by atoms with Crippen LogP contribution in [0.5, 0.6) is 11.5 Å². The van der Waals surface area contributed by atoms with Crippen LogP contribution in [0.3, 0.4) is 0 Å². The molecule has 2 aromatic rings. The second kappa shape index (κ2) is 5.68. The molecule has 0 spiro atoms. The Morgan fingerprint density at radius 2 is 2.00 bits per heavy atom. The number of phenolic OH excluding ortho intramolecular Hbond substituents is 1. The average molecular weight is 314 g/mol. The zero-order chi connectivity index (χ0) is 14.8. The maximum absolute atomic E-state index is 11.2. The van der Waals surface area contributed by atoms with Crippen molar-refractivity contribution in [1.82, 2.24) is 4.98 Å². The van der Waals surface area contributed by atoms with Gasteiger partial charge >= 0.3 is 10.1 Å². The molecule has 0 aliphatic heterocycles. The summed E-state index contributed by atoms with van der Waals surface area (Å²) in [5.74, 6) is 0.245. The van der Waals surface area contributed by atoms with Gasteiger partial charge in [0.25, 0.3) is 0 Å². The number of alkyl halides is 1. The lowest BCUT2D eigenvalue weighted by Crippen LogP contribution is -2.06. The topological polar surface area (TPSA) is 76.5 Å². The number of para-hydroxylation sites is 1. The molecule has 0 saturated carbocycles. The number of benzene rings is 1. The summed E-state index contributed by atoms with van der Waals surface area (Å²) in [6, 6.07) is 9.48. The highest BCUT2D eigenvalue weighted by Gasteiger charge is 2.12. The number of aromatic hydroxyl groups is 1. The van der Waals surface area contributed by atoms with Crippen molar-refractivity contribution in [3.8, 4) is 22.8 Å². The van der Waals surface area contributed by atoms with Crippen molar-refractivity contribution in [2.75, 3.05) is 6.26 Å². The first-order valence-electron chi connectivity index (χ1n) is 5.64. The number of phenols is 1. The molecule has 1 aromatic heterocycles. The number of rotatable bonds is 4. The molecular formula is C13H12ClNO4S. The molecule has 0 amide bonds. The molecule has 0 saturated heterocycles. The Balaban J connectivity index is 2.54. The summed E-state index contributed by atoms with van der Waals surface area (Å²) in [5.41, 5.74) is 1.31. The molecule has 5 nitrogen and oxygen atoms in total. The summed E-state index contributed by atoms with van der Waals surface area (Å²) in [6.07, 6.45) is 0.952. The lowest BCUT2D eigenvalue weighted by molar-refractivity contribution is 0.477. The molecule has 0 radical (unpaired) electrons. The van der Waals surface area contributed by atoms with Crippen molar-refractivity contribution < 1.29 is 17.7 Å². The lowest BCUT2D eigenvalue weighted by atomic mass is 10.1. The minimum absolute atomic E-state index is 0.0389. The Morgan fingerprint density at radius 1 is 1.30 bits per heavy atom. The van der Waals surface area contributed by atoms with Crippen LogP contribution in [0, 0.1) is 0 Å². The summed E-state index contributed by atoms with van der Waals surface area (Å²) < 4.78 is 27.2. The smallest absolute Gasteiger partial charge is 0.306 e. The Bertz CT molecular complexity index is 731. The molecule has 1 heterocycles. The van der Waals surface area contributed by atoms with Gasteiger partial charge in [0.1, 0.15) is 11.5 Å². The van der Waals surface area contributed by atoms with Gasteiger partial charge < -0.3 is 9.29 Å². The largest absolute Gasteiger partial charge is 0.507 e. The number of halogens is 1. The van der Waals surface area contributed by atoms with E-state index in [9.17, 15) is 13.5 Å². The van der Waals surface area contributed by atoms with E-state index in [1.165, 1.54) is 18.2 Å². The van der Waals surface area contributed by atoms with E-state index >= 15 is 0 Å². The fourth-order valence-corrected chi connectivity index (χ4v) is 2.26. The van der Waals surface area contributed by atoms with E-state index in [1.54, 1.807) is 18.2 Å². The molecule has 1 aromatic carbocycles. The highest BCUT2D eigenvalue weighted by atomic mass is 35.5. The minimum Gasteiger partial charge on any atom is -0.507 e. The molecule has 0 aliphatic rings. The Hall–Kier alpha value is -1.79. The first kappa shape index (κ1) is 14.6. The highest BCUT2D eigenvalue weighted by molar-refractivity contribution is 7.86. The third-order valence-corrected chi connectivity index (χ3v) is 3.19. The van der Waals surface area contributed by atoms with Crippen molar-refractivity contribution >= 4 is 21.7 Å². The summed E-state index contributed by atoms with van der Waals surface area (Å²) in [6.45, 7) is 0. The zero-order valence-corrected chi connectivity index (χ0v) is 12.1. The Morgan fingerprint density at radius 3 is 2.60 bits per heavy atom. The average Bonchev–Trinajstić information content (AvgIpc) is 2.36. The van der Waals surface area contributed by atoms with Gasteiger partial charge in [0.2, 0.25) is 0 Å². The van der Waals surface area contributed by atoms with Gasteiger partial charge in [-0.3, -0.25) is 4.98 Å². The van der Waals surface area contributed by atoms with E-state index in [-0.39, 0.29) is 17.4 Å². The van der Waals surface area contributed by atoms with Crippen LogP contribution in [0.25, 0.3) is 11.3 Å². The quantitative estimate of drug-likeness (QED) is 0.693. The number of pyridine rings is 1. The summed E-state index contributed by atoms with van der Waals surface area (Å²) in [5, 5.41) is 9.82. The number of hydrogen-bond acceptors (Lipinski definition) is 5. The fraction of sp³-hybridized carbons (Fsp3) is 0.154. The van der Waals surface area contributed by atoms with E-state index in [0.717, 1.165) is 6.26 Å². The summed E-state index contributed by atoms with van der Waals surface area (Å²) in [7, 11) is -3.64. The van der Waals surface area contributed by atoms with E-state index in [2.05, 4.69) is 4.98 Å². The van der Waals surface area contributed by atoms with Crippen LogP contribution in [-0.2, 0) is 16.0 Å². The molecule has 0 fully saturated rings. The van der Waals surface area contributed by atoms with Gasteiger partial charge in [0.15, 0.2) is 0 Å². The third-order valence-electron chi connectivity index (χ3n) is 2.42. The minimum atomic E-state index is -3.64. The molecule has 0 bridgehead atoms. The van der Waals surface area contributed by atoms with Gasteiger partial charge in [-0.1, -0.05) is 12.1 Å². The van der Waals surface area contributed by atoms with E-state index in [1.807, 2.05) is 0 Å². The number of nitrogens with zero attached hydrogens (tertiary/aromatic N) is 1. The van der Waals surface area contributed by atoms with Crippen molar-refractivity contribution in [3.05, 3.63) is 42.1 Å². The predicted molar refractivity (Wildman–Crippen MR) is 76.4 cm³/mol. The number of hydrogen-bond donors (Lipinski definition) is 1. The normalized spacial score (nSPS) is 11.3. The van der Waals surface area contributed by atoms with Gasteiger partial charge in [0.05, 0.1) is 23.5 Å². The SMILES string of the molecule is CS(=O)(=O)Oc1cc(CCl)nc(-c2ccccc2O)c1. The lowest BCUT2D eigenvalue weighted by Gasteiger charge is -2.09.